The summed E-state index contributed by atoms with van der Waals surface area (Å²) in [6, 6.07) is 10.9. The van der Waals surface area contributed by atoms with E-state index in [0.717, 1.165) is 5.56 Å². The molecule has 122 valence electrons. The van der Waals surface area contributed by atoms with Crippen molar-refractivity contribution in [2.24, 2.45) is 0 Å². The highest BCUT2D eigenvalue weighted by Crippen LogP contribution is 2.18. The van der Waals surface area contributed by atoms with Crippen molar-refractivity contribution in [1.29, 1.82) is 0 Å². The topological polar surface area (TPSA) is 78.4 Å². The molecule has 0 bridgehead atoms. The Balaban J connectivity index is 1.72. The summed E-state index contributed by atoms with van der Waals surface area (Å²) in [5.41, 5.74) is 0.213. The maximum Gasteiger partial charge on any atom is 0.252 e. The van der Waals surface area contributed by atoms with E-state index in [2.05, 4.69) is 10.6 Å². The molecule has 3 N–H and O–H groups in total. The summed E-state index contributed by atoms with van der Waals surface area (Å²) < 4.78 is 0. The van der Waals surface area contributed by atoms with Gasteiger partial charge >= 0.3 is 0 Å². The molecule has 0 aliphatic rings. The third-order valence-electron chi connectivity index (χ3n) is 3.45. The zero-order valence-electron chi connectivity index (χ0n) is 12.9. The molecule has 1 atom stereocenters. The highest BCUT2D eigenvalue weighted by Gasteiger charge is 2.23. The van der Waals surface area contributed by atoms with E-state index in [4.69, 9.17) is 0 Å². The van der Waals surface area contributed by atoms with Gasteiger partial charge in [0.25, 0.3) is 5.91 Å². The lowest BCUT2D eigenvalue weighted by Gasteiger charge is -2.24. The van der Waals surface area contributed by atoms with E-state index in [1.54, 1.807) is 18.4 Å². The molecule has 1 heterocycles. The lowest BCUT2D eigenvalue weighted by atomic mass is 9.96. The molecule has 0 spiro atoms. The van der Waals surface area contributed by atoms with Gasteiger partial charge in [-0.3, -0.25) is 9.59 Å². The summed E-state index contributed by atoms with van der Waals surface area (Å²) >= 11 is 1.45. The molecular formula is C17H20N2O3S. The molecular weight excluding hydrogens is 312 g/mol. The van der Waals surface area contributed by atoms with Crippen LogP contribution < -0.4 is 10.6 Å². The van der Waals surface area contributed by atoms with Crippen molar-refractivity contribution < 1.29 is 14.7 Å². The maximum atomic E-state index is 11.8. The fourth-order valence-electron chi connectivity index (χ4n) is 2.04. The molecule has 2 rings (SSSR count). The molecule has 6 heteroatoms. The minimum atomic E-state index is -1.13. The monoisotopic (exact) mass is 332 g/mol. The van der Waals surface area contributed by atoms with Crippen LogP contribution in [0.1, 0.15) is 29.3 Å². The van der Waals surface area contributed by atoms with Gasteiger partial charge in [0.1, 0.15) is 5.60 Å². The summed E-state index contributed by atoms with van der Waals surface area (Å²) in [6.45, 7) is 2.03. The number of rotatable bonds is 7. The van der Waals surface area contributed by atoms with Crippen molar-refractivity contribution in [2.45, 2.75) is 18.9 Å². The van der Waals surface area contributed by atoms with Gasteiger partial charge in [0, 0.05) is 23.9 Å². The first-order valence-corrected chi connectivity index (χ1v) is 8.28. The van der Waals surface area contributed by atoms with E-state index in [-0.39, 0.29) is 31.3 Å². The Kier molecular flexibility index (Phi) is 5.90. The van der Waals surface area contributed by atoms with Gasteiger partial charge in [-0.25, -0.2) is 0 Å². The van der Waals surface area contributed by atoms with Gasteiger partial charge in [-0.15, -0.1) is 0 Å². The zero-order chi connectivity index (χ0) is 16.7. The average molecular weight is 332 g/mol. The van der Waals surface area contributed by atoms with Crippen LogP contribution in [-0.2, 0) is 10.4 Å². The van der Waals surface area contributed by atoms with Gasteiger partial charge in [-0.2, -0.15) is 11.3 Å². The smallest absolute Gasteiger partial charge is 0.252 e. The van der Waals surface area contributed by atoms with Gasteiger partial charge in [0.2, 0.25) is 5.91 Å². The molecule has 0 fully saturated rings. The van der Waals surface area contributed by atoms with Crippen LogP contribution in [0.25, 0.3) is 0 Å². The second-order valence-electron chi connectivity index (χ2n) is 5.43. The third kappa shape index (κ3) is 5.19. The summed E-state index contributed by atoms with van der Waals surface area (Å²) in [5.74, 6) is -0.401. The van der Waals surface area contributed by atoms with E-state index < -0.39 is 5.60 Å². The van der Waals surface area contributed by atoms with Crippen LogP contribution in [0.5, 0.6) is 0 Å². The van der Waals surface area contributed by atoms with Crippen molar-refractivity contribution in [1.82, 2.24) is 10.6 Å². The van der Waals surface area contributed by atoms with Crippen molar-refractivity contribution in [3.8, 4) is 0 Å². The fraction of sp³-hybridized carbons (Fsp3) is 0.294. The number of hydrogen-bond acceptors (Lipinski definition) is 4. The summed E-state index contributed by atoms with van der Waals surface area (Å²) in [7, 11) is 0. The lowest BCUT2D eigenvalue weighted by molar-refractivity contribution is -0.122. The Morgan fingerprint density at radius 3 is 2.57 bits per heavy atom. The standard InChI is InChI=1S/C17H20N2O3S/c1-17(22,14-5-3-2-4-6-14)12-19-15(20)7-9-18-16(21)13-8-10-23-11-13/h2-6,8,10-11,22H,7,9,12H2,1H3,(H,18,21)(H,19,20). The molecule has 0 aliphatic carbocycles. The first-order chi connectivity index (χ1) is 11.0. The number of carbonyl (C=O) groups is 2. The second kappa shape index (κ2) is 7.89. The predicted octanol–water partition coefficient (Wildman–Crippen LogP) is 1.89. The van der Waals surface area contributed by atoms with Crippen LogP contribution >= 0.6 is 11.3 Å². The van der Waals surface area contributed by atoms with E-state index >= 15 is 0 Å². The average Bonchev–Trinajstić information content (AvgIpc) is 3.08. The Morgan fingerprint density at radius 2 is 1.91 bits per heavy atom. The molecule has 23 heavy (non-hydrogen) atoms. The van der Waals surface area contributed by atoms with Gasteiger partial charge in [0.05, 0.1) is 6.54 Å². The maximum absolute atomic E-state index is 11.8. The van der Waals surface area contributed by atoms with Gasteiger partial charge < -0.3 is 15.7 Å². The third-order valence-corrected chi connectivity index (χ3v) is 4.13. The molecule has 2 amide bonds. The molecule has 0 saturated carbocycles. The Bertz CT molecular complexity index is 639. The van der Waals surface area contributed by atoms with Crippen molar-refractivity contribution in [3.05, 3.63) is 58.3 Å². The van der Waals surface area contributed by atoms with Gasteiger partial charge in [0.15, 0.2) is 0 Å². The molecule has 1 aromatic heterocycles. The van der Waals surface area contributed by atoms with Crippen molar-refractivity contribution in [2.75, 3.05) is 13.1 Å². The second-order valence-corrected chi connectivity index (χ2v) is 6.21. The number of thiophene rings is 1. The summed E-state index contributed by atoms with van der Waals surface area (Å²) in [5, 5.41) is 19.4. The number of amides is 2. The highest BCUT2D eigenvalue weighted by atomic mass is 32.1. The fourth-order valence-corrected chi connectivity index (χ4v) is 2.68. The predicted molar refractivity (Wildman–Crippen MR) is 90.3 cm³/mol. The Morgan fingerprint density at radius 1 is 1.17 bits per heavy atom. The van der Waals surface area contributed by atoms with Crippen LogP contribution in [0.2, 0.25) is 0 Å². The molecule has 5 nitrogen and oxygen atoms in total. The van der Waals surface area contributed by atoms with Crippen LogP contribution in [-0.4, -0.2) is 30.0 Å². The Labute approximate surface area is 139 Å². The van der Waals surface area contributed by atoms with Crippen LogP contribution in [0.4, 0.5) is 0 Å². The van der Waals surface area contributed by atoms with E-state index in [0.29, 0.717) is 5.56 Å². The molecule has 2 aromatic rings. The number of aliphatic hydroxyl groups is 1. The highest BCUT2D eigenvalue weighted by molar-refractivity contribution is 7.08. The first-order valence-electron chi connectivity index (χ1n) is 7.34. The minimum Gasteiger partial charge on any atom is -0.384 e. The van der Waals surface area contributed by atoms with Gasteiger partial charge in [-0.05, 0) is 23.9 Å². The largest absolute Gasteiger partial charge is 0.384 e. The number of nitrogens with one attached hydrogen (secondary N) is 2. The van der Waals surface area contributed by atoms with Gasteiger partial charge in [-0.1, -0.05) is 30.3 Å². The van der Waals surface area contributed by atoms with Crippen LogP contribution in [0.3, 0.4) is 0 Å². The molecule has 0 saturated heterocycles. The van der Waals surface area contributed by atoms with Crippen LogP contribution in [0.15, 0.2) is 47.2 Å². The summed E-state index contributed by atoms with van der Waals surface area (Å²) in [4.78, 5) is 23.5. The van der Waals surface area contributed by atoms with E-state index in [9.17, 15) is 14.7 Å². The number of benzene rings is 1. The molecule has 1 unspecified atom stereocenters. The van der Waals surface area contributed by atoms with Crippen LogP contribution in [0, 0.1) is 0 Å². The van der Waals surface area contributed by atoms with Crippen molar-refractivity contribution >= 4 is 23.2 Å². The normalized spacial score (nSPS) is 13.1. The molecule has 0 aliphatic heterocycles. The van der Waals surface area contributed by atoms with Crippen molar-refractivity contribution in [3.63, 3.8) is 0 Å². The number of carbonyl (C=O) groups excluding carboxylic acids is 2. The zero-order valence-corrected chi connectivity index (χ0v) is 13.7. The SMILES string of the molecule is CC(O)(CNC(=O)CCNC(=O)c1ccsc1)c1ccccc1. The first kappa shape index (κ1) is 17.2. The molecule has 0 radical (unpaired) electrons. The number of hydrogen-bond donors (Lipinski definition) is 3. The molecule has 1 aromatic carbocycles. The lowest BCUT2D eigenvalue weighted by Crippen LogP contribution is -2.39. The summed E-state index contributed by atoms with van der Waals surface area (Å²) in [6.07, 6.45) is 0.167. The van der Waals surface area contributed by atoms with E-state index in [1.165, 1.54) is 11.3 Å². The van der Waals surface area contributed by atoms with E-state index in [1.807, 2.05) is 35.7 Å². The Hall–Kier alpha value is -2.18. The quantitative estimate of drug-likeness (QED) is 0.724. The minimum absolute atomic E-state index is 0.119.